The summed E-state index contributed by atoms with van der Waals surface area (Å²) in [4.78, 5) is 0. The van der Waals surface area contributed by atoms with Gasteiger partial charge in [-0.25, -0.2) is 0 Å². The fourth-order valence-electron chi connectivity index (χ4n) is 0.915. The maximum Gasteiger partial charge on any atom is 1.00 e. The molecule has 0 N–H and O–H groups in total. The summed E-state index contributed by atoms with van der Waals surface area (Å²) in [6.07, 6.45) is 1.01. The second kappa shape index (κ2) is 7.03. The van der Waals surface area contributed by atoms with Gasteiger partial charge in [0.05, 0.1) is 0 Å². The zero-order chi connectivity index (χ0) is 8.81. The van der Waals surface area contributed by atoms with E-state index in [9.17, 15) is 0 Å². The van der Waals surface area contributed by atoms with Crippen LogP contribution in [0, 0.1) is 6.07 Å². The van der Waals surface area contributed by atoms with Crippen LogP contribution in [0.5, 0.6) is 5.75 Å². The predicted octanol–water partition coefficient (Wildman–Crippen LogP) is -0.964. The fourth-order valence-corrected chi connectivity index (χ4v) is 0.915. The summed E-state index contributed by atoms with van der Waals surface area (Å²) in [6, 6.07) is 8.84. The number of hydrogen-bond donors (Lipinski definition) is 0. The Morgan fingerprint density at radius 2 is 2.23 bits per heavy atom. The Kier molecular flexibility index (Phi) is 6.80. The van der Waals surface area contributed by atoms with Gasteiger partial charge in [-0.05, 0) is 0 Å². The molecule has 0 radical (unpaired) electrons. The van der Waals surface area contributed by atoms with Crippen molar-refractivity contribution in [3.63, 3.8) is 0 Å². The third kappa shape index (κ3) is 4.38. The van der Waals surface area contributed by atoms with Crippen LogP contribution in [0.3, 0.4) is 0 Å². The maximum absolute atomic E-state index is 5.22. The normalized spacial score (nSPS) is 9.08. The van der Waals surface area contributed by atoms with Crippen LogP contribution in [-0.2, 0) is 11.2 Å². The quantitative estimate of drug-likeness (QED) is 0.331. The van der Waals surface area contributed by atoms with E-state index in [1.54, 1.807) is 7.11 Å². The molecule has 0 spiro atoms. The average Bonchev–Trinajstić information content (AvgIpc) is 2.15. The van der Waals surface area contributed by atoms with E-state index in [2.05, 4.69) is 13.0 Å². The Balaban J connectivity index is 0.00000144. The van der Waals surface area contributed by atoms with Gasteiger partial charge in [-0.1, -0.05) is 13.3 Å². The van der Waals surface area contributed by atoms with E-state index < -0.39 is 0 Å². The third-order valence-corrected chi connectivity index (χ3v) is 1.58. The second-order valence-corrected chi connectivity index (χ2v) is 2.47. The summed E-state index contributed by atoms with van der Waals surface area (Å²) in [5.74, 6) is 0.746. The molecule has 0 aliphatic rings. The third-order valence-electron chi connectivity index (χ3n) is 1.58. The molecule has 0 aliphatic heterocycles. The smallest absolute Gasteiger partial charge is 0.493 e. The molecular formula is C10H13LiO2. The summed E-state index contributed by atoms with van der Waals surface area (Å²) in [5.41, 5.74) is 1.25. The summed E-state index contributed by atoms with van der Waals surface area (Å²) in [6.45, 7) is 2.39. The molecule has 0 atom stereocenters. The monoisotopic (exact) mass is 172 g/mol. The van der Waals surface area contributed by atoms with Crippen molar-refractivity contribution in [2.75, 3.05) is 13.9 Å². The Bertz CT molecular complexity index is 238. The van der Waals surface area contributed by atoms with E-state index in [-0.39, 0.29) is 25.7 Å². The molecule has 0 bridgehead atoms. The largest absolute Gasteiger partial charge is 1.00 e. The van der Waals surface area contributed by atoms with Crippen LogP contribution in [0.1, 0.15) is 12.5 Å². The maximum atomic E-state index is 5.22. The van der Waals surface area contributed by atoms with Crippen molar-refractivity contribution in [2.45, 2.75) is 13.3 Å². The number of benzene rings is 1. The van der Waals surface area contributed by atoms with Crippen LogP contribution in [0.2, 0.25) is 0 Å². The topological polar surface area (TPSA) is 18.5 Å². The summed E-state index contributed by atoms with van der Waals surface area (Å²) in [7, 11) is 1.60. The Hall–Kier alpha value is -0.423. The molecule has 0 fully saturated rings. The number of methoxy groups -OCH3 is 1. The van der Waals surface area contributed by atoms with Crippen molar-refractivity contribution in [2.24, 2.45) is 0 Å². The van der Waals surface area contributed by atoms with Gasteiger partial charge >= 0.3 is 18.9 Å². The first-order chi connectivity index (χ1) is 5.86. The molecule has 66 valence electrons. The number of aryl methyl sites for hydroxylation is 1. The molecule has 0 unspecified atom stereocenters. The van der Waals surface area contributed by atoms with Crippen molar-refractivity contribution < 1.29 is 28.3 Å². The van der Waals surface area contributed by atoms with Gasteiger partial charge in [0.1, 0.15) is 0 Å². The molecule has 13 heavy (non-hydrogen) atoms. The van der Waals surface area contributed by atoms with Crippen LogP contribution in [0.15, 0.2) is 18.2 Å². The van der Waals surface area contributed by atoms with Gasteiger partial charge in [-0.2, -0.15) is 17.7 Å². The SMILES string of the molecule is CCc1cc[c-]c(OCOC)c1.[Li+]. The fraction of sp³-hybridized carbons (Fsp3) is 0.400. The van der Waals surface area contributed by atoms with E-state index in [1.165, 1.54) is 5.56 Å². The minimum atomic E-state index is 0. The first-order valence-corrected chi connectivity index (χ1v) is 3.99. The van der Waals surface area contributed by atoms with Gasteiger partial charge in [-0.3, -0.25) is 0 Å². The molecule has 1 aromatic carbocycles. The van der Waals surface area contributed by atoms with Crippen LogP contribution in [0.4, 0.5) is 0 Å². The molecule has 0 amide bonds. The van der Waals surface area contributed by atoms with E-state index in [1.807, 2.05) is 18.2 Å². The Morgan fingerprint density at radius 3 is 2.85 bits per heavy atom. The molecule has 0 saturated carbocycles. The van der Waals surface area contributed by atoms with Crippen LogP contribution >= 0.6 is 0 Å². The minimum absolute atomic E-state index is 0. The molecule has 0 saturated heterocycles. The molecule has 2 nitrogen and oxygen atoms in total. The zero-order valence-electron chi connectivity index (χ0n) is 8.46. The van der Waals surface area contributed by atoms with Gasteiger partial charge in [0.15, 0.2) is 6.79 Å². The predicted molar refractivity (Wildman–Crippen MR) is 47.2 cm³/mol. The molecule has 0 aliphatic carbocycles. The van der Waals surface area contributed by atoms with Gasteiger partial charge < -0.3 is 9.47 Å². The molecular weight excluding hydrogens is 159 g/mol. The van der Waals surface area contributed by atoms with Gasteiger partial charge in [0.2, 0.25) is 0 Å². The van der Waals surface area contributed by atoms with Crippen molar-refractivity contribution in [1.82, 2.24) is 0 Å². The van der Waals surface area contributed by atoms with Crippen molar-refractivity contribution in [1.29, 1.82) is 0 Å². The molecule has 0 aromatic heterocycles. The Labute approximate surface area is 91.4 Å². The van der Waals surface area contributed by atoms with E-state index in [0.717, 1.165) is 12.2 Å². The first kappa shape index (κ1) is 12.6. The first-order valence-electron chi connectivity index (χ1n) is 3.99. The van der Waals surface area contributed by atoms with Crippen molar-refractivity contribution >= 4 is 0 Å². The molecule has 3 heteroatoms. The summed E-state index contributed by atoms with van der Waals surface area (Å²) in [5, 5.41) is 0. The van der Waals surface area contributed by atoms with E-state index in [4.69, 9.17) is 9.47 Å². The zero-order valence-corrected chi connectivity index (χ0v) is 8.46. The summed E-state index contributed by atoms with van der Waals surface area (Å²) >= 11 is 0. The molecule has 1 aromatic rings. The van der Waals surface area contributed by atoms with Crippen molar-refractivity contribution in [3.05, 3.63) is 29.8 Å². The standard InChI is InChI=1S/C10H13O2.Li/c1-3-9-5-4-6-10(7-9)12-8-11-2;/h4-5,7H,3,8H2,1-2H3;/q-1;+1. The average molecular weight is 172 g/mol. The van der Waals surface area contributed by atoms with E-state index in [0.29, 0.717) is 0 Å². The second-order valence-electron chi connectivity index (χ2n) is 2.47. The van der Waals surface area contributed by atoms with Crippen molar-refractivity contribution in [3.8, 4) is 5.75 Å². The summed E-state index contributed by atoms with van der Waals surface area (Å²) < 4.78 is 10.00. The van der Waals surface area contributed by atoms with Gasteiger partial charge in [0, 0.05) is 12.9 Å². The number of hydrogen-bond acceptors (Lipinski definition) is 2. The Morgan fingerprint density at radius 1 is 1.46 bits per heavy atom. The van der Waals surface area contributed by atoms with Crippen LogP contribution in [0.25, 0.3) is 0 Å². The molecule has 0 heterocycles. The van der Waals surface area contributed by atoms with E-state index >= 15 is 0 Å². The minimum Gasteiger partial charge on any atom is -0.493 e. The van der Waals surface area contributed by atoms with Gasteiger partial charge in [0.25, 0.3) is 0 Å². The number of rotatable bonds is 4. The van der Waals surface area contributed by atoms with Crippen LogP contribution in [-0.4, -0.2) is 13.9 Å². The van der Waals surface area contributed by atoms with Gasteiger partial charge in [-0.15, -0.1) is 12.1 Å². The van der Waals surface area contributed by atoms with Crippen LogP contribution < -0.4 is 23.6 Å². The number of ether oxygens (including phenoxy) is 2. The molecule has 1 rings (SSSR count).